The Morgan fingerprint density at radius 3 is 2.57 bits per heavy atom. The highest BCUT2D eigenvalue weighted by atomic mass is 16.5. The summed E-state index contributed by atoms with van der Waals surface area (Å²) >= 11 is 0. The molecule has 4 atom stereocenters. The van der Waals surface area contributed by atoms with Crippen LogP contribution >= 0.6 is 0 Å². The molecule has 2 aliphatic rings. The highest BCUT2D eigenvalue weighted by Gasteiger charge is 2.29. The first-order valence-electron chi connectivity index (χ1n) is 6.09. The summed E-state index contributed by atoms with van der Waals surface area (Å²) in [7, 11) is 0. The fourth-order valence-corrected chi connectivity index (χ4v) is 2.86. The van der Waals surface area contributed by atoms with Gasteiger partial charge >= 0.3 is 0 Å². The van der Waals surface area contributed by atoms with E-state index >= 15 is 0 Å². The standard InChI is InChI=1S/C12H22O2/c1-9-6-7-11(14-9)8-10-4-2-3-5-12(10)13/h9-13H,2-8H2,1H3. The number of aliphatic hydroxyl groups excluding tert-OH is 1. The maximum atomic E-state index is 9.84. The summed E-state index contributed by atoms with van der Waals surface area (Å²) in [5.74, 6) is 0.513. The fourth-order valence-electron chi connectivity index (χ4n) is 2.86. The van der Waals surface area contributed by atoms with Crippen molar-refractivity contribution in [3.05, 3.63) is 0 Å². The molecule has 1 saturated carbocycles. The zero-order valence-electron chi connectivity index (χ0n) is 9.11. The van der Waals surface area contributed by atoms with Gasteiger partial charge in [-0.15, -0.1) is 0 Å². The van der Waals surface area contributed by atoms with Crippen LogP contribution in [-0.4, -0.2) is 23.4 Å². The maximum Gasteiger partial charge on any atom is 0.0583 e. The van der Waals surface area contributed by atoms with Crippen molar-refractivity contribution in [1.29, 1.82) is 0 Å². The van der Waals surface area contributed by atoms with Crippen LogP contribution in [0.5, 0.6) is 0 Å². The zero-order chi connectivity index (χ0) is 9.97. The van der Waals surface area contributed by atoms with Gasteiger partial charge in [-0.1, -0.05) is 12.8 Å². The third-order valence-electron chi connectivity index (χ3n) is 3.75. The number of ether oxygens (including phenoxy) is 1. The van der Waals surface area contributed by atoms with Crippen molar-refractivity contribution < 1.29 is 9.84 Å². The summed E-state index contributed by atoms with van der Waals surface area (Å²) in [5.41, 5.74) is 0. The Labute approximate surface area is 86.6 Å². The van der Waals surface area contributed by atoms with Gasteiger partial charge in [-0.3, -0.25) is 0 Å². The summed E-state index contributed by atoms with van der Waals surface area (Å²) in [6, 6.07) is 0. The van der Waals surface area contributed by atoms with Crippen LogP contribution in [0.2, 0.25) is 0 Å². The van der Waals surface area contributed by atoms with Crippen LogP contribution in [0.15, 0.2) is 0 Å². The minimum absolute atomic E-state index is 0.0525. The first-order chi connectivity index (χ1) is 6.75. The van der Waals surface area contributed by atoms with Gasteiger partial charge in [-0.05, 0) is 44.9 Å². The molecular weight excluding hydrogens is 176 g/mol. The molecule has 0 aromatic carbocycles. The number of hydrogen-bond acceptors (Lipinski definition) is 2. The molecule has 0 aromatic heterocycles. The normalized spacial score (nSPS) is 44.1. The average Bonchev–Trinajstić information content (AvgIpc) is 2.56. The average molecular weight is 198 g/mol. The SMILES string of the molecule is CC1CCC(CC2CCCCC2O)O1. The largest absolute Gasteiger partial charge is 0.393 e. The molecule has 1 heterocycles. The molecule has 0 aromatic rings. The molecule has 0 bridgehead atoms. The van der Waals surface area contributed by atoms with Crippen molar-refractivity contribution in [2.75, 3.05) is 0 Å². The second kappa shape index (κ2) is 4.63. The van der Waals surface area contributed by atoms with E-state index in [1.807, 2.05) is 0 Å². The van der Waals surface area contributed by atoms with Crippen molar-refractivity contribution in [2.45, 2.75) is 70.2 Å². The van der Waals surface area contributed by atoms with Gasteiger partial charge in [0.1, 0.15) is 0 Å². The number of aliphatic hydroxyl groups is 1. The van der Waals surface area contributed by atoms with Gasteiger partial charge in [0.15, 0.2) is 0 Å². The summed E-state index contributed by atoms with van der Waals surface area (Å²) in [6.07, 6.45) is 9.03. The van der Waals surface area contributed by atoms with Crippen LogP contribution in [0.25, 0.3) is 0 Å². The molecule has 4 unspecified atom stereocenters. The summed E-state index contributed by atoms with van der Waals surface area (Å²) in [6.45, 7) is 2.15. The van der Waals surface area contributed by atoms with Crippen LogP contribution in [0, 0.1) is 5.92 Å². The van der Waals surface area contributed by atoms with Crippen LogP contribution in [0.4, 0.5) is 0 Å². The first kappa shape index (κ1) is 10.4. The van der Waals surface area contributed by atoms with Crippen LogP contribution in [0.3, 0.4) is 0 Å². The van der Waals surface area contributed by atoms with Gasteiger partial charge in [0.2, 0.25) is 0 Å². The van der Waals surface area contributed by atoms with E-state index in [1.165, 1.54) is 32.1 Å². The lowest BCUT2D eigenvalue weighted by molar-refractivity contribution is 0.00271. The van der Waals surface area contributed by atoms with Crippen LogP contribution in [-0.2, 0) is 4.74 Å². The Morgan fingerprint density at radius 1 is 1.14 bits per heavy atom. The van der Waals surface area contributed by atoms with Gasteiger partial charge in [0.05, 0.1) is 18.3 Å². The van der Waals surface area contributed by atoms with Gasteiger partial charge in [-0.2, -0.15) is 0 Å². The van der Waals surface area contributed by atoms with Crippen molar-refractivity contribution in [1.82, 2.24) is 0 Å². The van der Waals surface area contributed by atoms with Crippen LogP contribution < -0.4 is 0 Å². The predicted molar refractivity (Wildman–Crippen MR) is 56.2 cm³/mol. The van der Waals surface area contributed by atoms with E-state index < -0.39 is 0 Å². The smallest absolute Gasteiger partial charge is 0.0583 e. The van der Waals surface area contributed by atoms with Gasteiger partial charge in [-0.25, -0.2) is 0 Å². The van der Waals surface area contributed by atoms with E-state index in [-0.39, 0.29) is 6.10 Å². The molecular formula is C12H22O2. The summed E-state index contributed by atoms with van der Waals surface area (Å²) < 4.78 is 5.80. The van der Waals surface area contributed by atoms with Gasteiger partial charge in [0.25, 0.3) is 0 Å². The molecule has 1 saturated heterocycles. The van der Waals surface area contributed by atoms with E-state index in [0.717, 1.165) is 12.8 Å². The molecule has 1 aliphatic heterocycles. The minimum atomic E-state index is -0.0525. The monoisotopic (exact) mass is 198 g/mol. The van der Waals surface area contributed by atoms with Crippen LogP contribution in [0.1, 0.15) is 51.9 Å². The highest BCUT2D eigenvalue weighted by Crippen LogP contribution is 2.32. The molecule has 2 fully saturated rings. The summed E-state index contributed by atoms with van der Waals surface area (Å²) in [5, 5.41) is 9.84. The second-order valence-corrected chi connectivity index (χ2v) is 4.99. The molecule has 82 valence electrons. The Hall–Kier alpha value is -0.0800. The van der Waals surface area contributed by atoms with Gasteiger partial charge in [0, 0.05) is 0 Å². The first-order valence-corrected chi connectivity index (χ1v) is 6.09. The topological polar surface area (TPSA) is 29.5 Å². The second-order valence-electron chi connectivity index (χ2n) is 4.99. The lowest BCUT2D eigenvalue weighted by atomic mass is 9.82. The molecule has 0 amide bonds. The Bertz CT molecular complexity index is 181. The highest BCUT2D eigenvalue weighted by molar-refractivity contribution is 4.80. The van der Waals surface area contributed by atoms with E-state index in [0.29, 0.717) is 18.1 Å². The minimum Gasteiger partial charge on any atom is -0.393 e. The third-order valence-corrected chi connectivity index (χ3v) is 3.75. The van der Waals surface area contributed by atoms with E-state index in [1.54, 1.807) is 0 Å². The Kier molecular flexibility index (Phi) is 3.45. The Balaban J connectivity index is 1.78. The predicted octanol–water partition coefficient (Wildman–Crippen LogP) is 2.50. The molecule has 1 N–H and O–H groups in total. The molecule has 2 nitrogen and oxygen atoms in total. The summed E-state index contributed by atoms with van der Waals surface area (Å²) in [4.78, 5) is 0. The number of rotatable bonds is 2. The maximum absolute atomic E-state index is 9.84. The van der Waals surface area contributed by atoms with Crippen molar-refractivity contribution in [3.8, 4) is 0 Å². The number of hydrogen-bond donors (Lipinski definition) is 1. The lowest BCUT2D eigenvalue weighted by Crippen LogP contribution is -2.28. The van der Waals surface area contributed by atoms with Crippen molar-refractivity contribution in [3.63, 3.8) is 0 Å². The molecule has 0 radical (unpaired) electrons. The van der Waals surface area contributed by atoms with E-state index in [4.69, 9.17) is 4.74 Å². The lowest BCUT2D eigenvalue weighted by Gasteiger charge is -2.29. The van der Waals surface area contributed by atoms with E-state index in [9.17, 15) is 5.11 Å². The molecule has 0 spiro atoms. The van der Waals surface area contributed by atoms with Gasteiger partial charge < -0.3 is 9.84 Å². The third kappa shape index (κ3) is 2.48. The molecule has 14 heavy (non-hydrogen) atoms. The molecule has 1 aliphatic carbocycles. The van der Waals surface area contributed by atoms with E-state index in [2.05, 4.69) is 6.92 Å². The zero-order valence-corrected chi connectivity index (χ0v) is 9.11. The van der Waals surface area contributed by atoms with Crippen molar-refractivity contribution in [2.24, 2.45) is 5.92 Å². The quantitative estimate of drug-likeness (QED) is 0.738. The molecule has 2 heteroatoms. The van der Waals surface area contributed by atoms with Crippen molar-refractivity contribution >= 4 is 0 Å². The fraction of sp³-hybridized carbons (Fsp3) is 1.00. The Morgan fingerprint density at radius 2 is 1.93 bits per heavy atom. The molecule has 2 rings (SSSR count).